The van der Waals surface area contributed by atoms with Gasteiger partial charge in [-0.3, -0.25) is 4.79 Å². The molecule has 0 radical (unpaired) electrons. The predicted molar refractivity (Wildman–Crippen MR) is 95.5 cm³/mol. The summed E-state index contributed by atoms with van der Waals surface area (Å²) in [5.74, 6) is 1.80. The molecular weight excluding hydrogens is 318 g/mol. The zero-order valence-electron chi connectivity index (χ0n) is 15.0. The number of para-hydroxylation sites is 1. The van der Waals surface area contributed by atoms with Crippen molar-refractivity contribution in [3.63, 3.8) is 0 Å². The van der Waals surface area contributed by atoms with Gasteiger partial charge in [-0.2, -0.15) is 0 Å². The maximum absolute atomic E-state index is 12.8. The van der Waals surface area contributed by atoms with E-state index >= 15 is 0 Å². The second kappa shape index (κ2) is 6.67. The van der Waals surface area contributed by atoms with Crippen molar-refractivity contribution in [2.24, 2.45) is 0 Å². The second-order valence-electron chi connectivity index (χ2n) is 6.73. The zero-order chi connectivity index (χ0) is 18.0. The number of rotatable bonds is 4. The third kappa shape index (κ3) is 3.71. The molecule has 0 aromatic heterocycles. The topological polar surface area (TPSA) is 56.8 Å². The molecule has 0 saturated carbocycles. The van der Waals surface area contributed by atoms with Crippen LogP contribution in [0.2, 0.25) is 0 Å². The van der Waals surface area contributed by atoms with Gasteiger partial charge in [-0.25, -0.2) is 0 Å². The van der Waals surface area contributed by atoms with Crippen LogP contribution in [0, 0.1) is 0 Å². The van der Waals surface area contributed by atoms with Crippen molar-refractivity contribution in [1.29, 1.82) is 0 Å². The van der Waals surface area contributed by atoms with Crippen LogP contribution in [-0.2, 0) is 0 Å². The minimum Gasteiger partial charge on any atom is -0.497 e. The van der Waals surface area contributed by atoms with Crippen molar-refractivity contribution in [2.75, 3.05) is 14.2 Å². The fraction of sp³-hybridized carbons (Fsp3) is 0.350. The van der Waals surface area contributed by atoms with E-state index in [-0.39, 0.29) is 17.6 Å². The van der Waals surface area contributed by atoms with Crippen molar-refractivity contribution < 1.29 is 19.0 Å². The molecule has 1 amide bonds. The zero-order valence-corrected chi connectivity index (χ0v) is 15.0. The lowest BCUT2D eigenvalue weighted by Crippen LogP contribution is -2.41. The van der Waals surface area contributed by atoms with E-state index in [1.807, 2.05) is 38.1 Å². The number of carbonyl (C=O) groups excluding carboxylic acids is 1. The summed E-state index contributed by atoms with van der Waals surface area (Å²) in [6, 6.07) is 12.8. The fourth-order valence-corrected chi connectivity index (χ4v) is 3.11. The van der Waals surface area contributed by atoms with Crippen LogP contribution in [0.25, 0.3) is 0 Å². The summed E-state index contributed by atoms with van der Waals surface area (Å²) < 4.78 is 16.5. The molecule has 5 heteroatoms. The van der Waals surface area contributed by atoms with Crippen LogP contribution in [-0.4, -0.2) is 25.7 Å². The molecule has 25 heavy (non-hydrogen) atoms. The highest BCUT2D eigenvalue weighted by atomic mass is 16.5. The molecule has 1 atom stereocenters. The number of nitrogens with one attached hydrogen (secondary N) is 1. The van der Waals surface area contributed by atoms with Gasteiger partial charge in [0.2, 0.25) is 0 Å². The molecule has 1 aliphatic heterocycles. The maximum atomic E-state index is 12.8. The van der Waals surface area contributed by atoms with Gasteiger partial charge in [0.15, 0.2) is 0 Å². The summed E-state index contributed by atoms with van der Waals surface area (Å²) in [5.41, 5.74) is 1.14. The lowest BCUT2D eigenvalue weighted by atomic mass is 9.89. The van der Waals surface area contributed by atoms with E-state index in [1.165, 1.54) is 0 Å². The van der Waals surface area contributed by atoms with Gasteiger partial charge >= 0.3 is 0 Å². The Hall–Kier alpha value is -2.69. The highest BCUT2D eigenvalue weighted by molar-refractivity contribution is 5.95. The molecular formula is C20H23NO4. The molecule has 0 fully saturated rings. The molecule has 0 spiro atoms. The molecule has 1 N–H and O–H groups in total. The first-order valence-electron chi connectivity index (χ1n) is 8.24. The summed E-state index contributed by atoms with van der Waals surface area (Å²) >= 11 is 0. The Morgan fingerprint density at radius 1 is 1.12 bits per heavy atom. The fourth-order valence-electron chi connectivity index (χ4n) is 3.11. The minimum atomic E-state index is -0.349. The highest BCUT2D eigenvalue weighted by Crippen LogP contribution is 2.39. The van der Waals surface area contributed by atoms with Gasteiger partial charge in [-0.1, -0.05) is 18.2 Å². The summed E-state index contributed by atoms with van der Waals surface area (Å²) in [6.45, 7) is 4.05. The molecule has 2 aromatic rings. The van der Waals surface area contributed by atoms with Gasteiger partial charge in [0.1, 0.15) is 22.8 Å². The van der Waals surface area contributed by atoms with Gasteiger partial charge in [0.25, 0.3) is 5.91 Å². The van der Waals surface area contributed by atoms with Crippen LogP contribution in [0.4, 0.5) is 0 Å². The SMILES string of the molecule is COc1cc(OC)cc(C(=O)N[C@H]2CC(C)(C)Oc3ccccc32)c1. The van der Waals surface area contributed by atoms with Crippen molar-refractivity contribution in [3.8, 4) is 17.2 Å². The number of amides is 1. The van der Waals surface area contributed by atoms with Crippen LogP contribution in [0.3, 0.4) is 0 Å². The van der Waals surface area contributed by atoms with Crippen LogP contribution in [0.15, 0.2) is 42.5 Å². The second-order valence-corrected chi connectivity index (χ2v) is 6.73. The predicted octanol–water partition coefficient (Wildman–Crippen LogP) is 3.74. The monoisotopic (exact) mass is 341 g/mol. The molecule has 132 valence electrons. The Bertz CT molecular complexity index is 763. The van der Waals surface area contributed by atoms with Crippen LogP contribution in [0.1, 0.15) is 42.2 Å². The van der Waals surface area contributed by atoms with Crippen molar-refractivity contribution in [1.82, 2.24) is 5.32 Å². The molecule has 3 rings (SSSR count). The van der Waals surface area contributed by atoms with Gasteiger partial charge in [-0.05, 0) is 32.0 Å². The van der Waals surface area contributed by atoms with E-state index in [0.29, 0.717) is 23.5 Å². The molecule has 1 heterocycles. The van der Waals surface area contributed by atoms with E-state index in [0.717, 1.165) is 11.3 Å². The van der Waals surface area contributed by atoms with E-state index < -0.39 is 0 Å². The largest absolute Gasteiger partial charge is 0.497 e. The Morgan fingerprint density at radius 3 is 2.40 bits per heavy atom. The summed E-state index contributed by atoms with van der Waals surface area (Å²) in [4.78, 5) is 12.8. The van der Waals surface area contributed by atoms with Gasteiger partial charge in [0, 0.05) is 23.6 Å². The van der Waals surface area contributed by atoms with Gasteiger partial charge < -0.3 is 19.5 Å². The molecule has 5 nitrogen and oxygen atoms in total. The standard InChI is InChI=1S/C20H23NO4/c1-20(2)12-17(16-7-5-6-8-18(16)25-20)21-19(22)13-9-14(23-3)11-15(10-13)24-4/h5-11,17H,12H2,1-4H3,(H,21,22)/t17-/m0/s1. The van der Waals surface area contributed by atoms with Crippen molar-refractivity contribution in [3.05, 3.63) is 53.6 Å². The molecule has 2 aromatic carbocycles. The highest BCUT2D eigenvalue weighted by Gasteiger charge is 2.34. The van der Waals surface area contributed by atoms with Gasteiger partial charge in [0.05, 0.1) is 20.3 Å². The van der Waals surface area contributed by atoms with E-state index in [2.05, 4.69) is 5.32 Å². The Labute approximate surface area is 147 Å². The number of ether oxygens (including phenoxy) is 3. The average molecular weight is 341 g/mol. The first-order chi connectivity index (χ1) is 11.9. The first kappa shape index (κ1) is 17.1. The average Bonchev–Trinajstić information content (AvgIpc) is 2.60. The number of hydrogen-bond acceptors (Lipinski definition) is 4. The van der Waals surface area contributed by atoms with E-state index in [9.17, 15) is 4.79 Å². The normalized spacial score (nSPS) is 17.8. The van der Waals surface area contributed by atoms with E-state index in [4.69, 9.17) is 14.2 Å². The summed E-state index contributed by atoms with van der Waals surface area (Å²) in [7, 11) is 3.13. The number of benzene rings is 2. The lowest BCUT2D eigenvalue weighted by Gasteiger charge is -2.37. The summed E-state index contributed by atoms with van der Waals surface area (Å²) in [6.07, 6.45) is 0.691. The van der Waals surface area contributed by atoms with Crippen LogP contribution in [0.5, 0.6) is 17.2 Å². The molecule has 0 aliphatic carbocycles. The maximum Gasteiger partial charge on any atom is 0.252 e. The number of carbonyl (C=O) groups is 1. The lowest BCUT2D eigenvalue weighted by molar-refractivity contribution is 0.0619. The summed E-state index contributed by atoms with van der Waals surface area (Å²) in [5, 5.41) is 3.12. The number of methoxy groups -OCH3 is 2. The van der Waals surface area contributed by atoms with Crippen molar-refractivity contribution >= 4 is 5.91 Å². The smallest absolute Gasteiger partial charge is 0.252 e. The van der Waals surface area contributed by atoms with Crippen LogP contribution < -0.4 is 19.5 Å². The third-order valence-electron chi connectivity index (χ3n) is 4.30. The Morgan fingerprint density at radius 2 is 1.76 bits per heavy atom. The van der Waals surface area contributed by atoms with Crippen molar-refractivity contribution in [2.45, 2.75) is 31.9 Å². The Kier molecular flexibility index (Phi) is 4.57. The van der Waals surface area contributed by atoms with Crippen LogP contribution >= 0.6 is 0 Å². The number of fused-ring (bicyclic) bond motifs is 1. The Balaban J connectivity index is 1.88. The van der Waals surface area contributed by atoms with E-state index in [1.54, 1.807) is 32.4 Å². The molecule has 0 bridgehead atoms. The molecule has 0 unspecified atom stereocenters. The number of hydrogen-bond donors (Lipinski definition) is 1. The minimum absolute atomic E-state index is 0.121. The molecule has 1 aliphatic rings. The quantitative estimate of drug-likeness (QED) is 0.920. The third-order valence-corrected chi connectivity index (χ3v) is 4.30. The molecule has 0 saturated heterocycles. The first-order valence-corrected chi connectivity index (χ1v) is 8.24. The van der Waals surface area contributed by atoms with Gasteiger partial charge in [-0.15, -0.1) is 0 Å².